The van der Waals surface area contributed by atoms with Crippen molar-refractivity contribution in [3.63, 3.8) is 0 Å². The Morgan fingerprint density at radius 1 is 1.83 bits per heavy atom. The first-order chi connectivity index (χ1) is 2.77. The van der Waals surface area contributed by atoms with E-state index in [0.29, 0.717) is 0 Å². The molecule has 1 unspecified atom stereocenters. The topological polar surface area (TPSA) is 26.0 Å². The van der Waals surface area contributed by atoms with Crippen molar-refractivity contribution < 1.29 is 0 Å². The van der Waals surface area contributed by atoms with Crippen molar-refractivity contribution in [2.75, 3.05) is 0 Å². The second-order valence-corrected chi connectivity index (χ2v) is 1.50. The molecule has 0 saturated carbocycles. The standard InChI is InChI=1S/C5H12N/c1-3-4-5(2)6/h4-5H,3,6H2,1-2H3. The summed E-state index contributed by atoms with van der Waals surface area (Å²) in [6.07, 6.45) is 3.15. The average Bonchev–Trinajstić information content (AvgIpc) is 1.35. The van der Waals surface area contributed by atoms with E-state index < -0.39 is 0 Å². The van der Waals surface area contributed by atoms with E-state index in [9.17, 15) is 0 Å². The molecule has 0 aromatic rings. The van der Waals surface area contributed by atoms with E-state index in [1.807, 2.05) is 6.92 Å². The molecule has 0 aromatic heterocycles. The van der Waals surface area contributed by atoms with Gasteiger partial charge in [-0.05, 0) is 13.3 Å². The first-order valence-electron chi connectivity index (χ1n) is 2.36. The van der Waals surface area contributed by atoms with E-state index in [-0.39, 0.29) is 6.04 Å². The Balaban J connectivity index is 2.63. The van der Waals surface area contributed by atoms with Crippen LogP contribution in [0.1, 0.15) is 20.3 Å². The summed E-state index contributed by atoms with van der Waals surface area (Å²) in [5.74, 6) is 0. The number of nitrogens with two attached hydrogens (primary N) is 1. The van der Waals surface area contributed by atoms with Crippen LogP contribution in [0.2, 0.25) is 0 Å². The van der Waals surface area contributed by atoms with E-state index >= 15 is 0 Å². The normalized spacial score (nSPS) is 14.5. The molecule has 1 nitrogen and oxygen atoms in total. The van der Waals surface area contributed by atoms with Gasteiger partial charge in [-0.15, -0.1) is 0 Å². The summed E-state index contributed by atoms with van der Waals surface area (Å²) in [5, 5.41) is 0. The summed E-state index contributed by atoms with van der Waals surface area (Å²) in [6.45, 7) is 4.06. The highest BCUT2D eigenvalue weighted by Crippen LogP contribution is 1.86. The molecule has 1 atom stereocenters. The van der Waals surface area contributed by atoms with Crippen molar-refractivity contribution in [1.82, 2.24) is 0 Å². The molecule has 0 bridgehead atoms. The highest BCUT2D eigenvalue weighted by molar-refractivity contribution is 4.71. The molecule has 0 heterocycles. The molecule has 37 valence electrons. The third-order valence-corrected chi connectivity index (χ3v) is 0.607. The third kappa shape index (κ3) is 3.96. The Bertz CT molecular complexity index is 25.1. The molecule has 6 heavy (non-hydrogen) atoms. The number of hydrogen-bond acceptors (Lipinski definition) is 1. The predicted octanol–water partition coefficient (Wildman–Crippen LogP) is 0.948. The summed E-state index contributed by atoms with van der Waals surface area (Å²) in [5.41, 5.74) is 5.35. The van der Waals surface area contributed by atoms with Crippen LogP contribution in [0.25, 0.3) is 0 Å². The Labute approximate surface area is 39.5 Å². The smallest absolute Gasteiger partial charge is 0.00418 e. The van der Waals surface area contributed by atoms with Crippen LogP contribution in [-0.2, 0) is 0 Å². The fourth-order valence-corrected chi connectivity index (χ4v) is 0.372. The molecule has 0 saturated heterocycles. The first-order valence-corrected chi connectivity index (χ1v) is 2.36. The fraction of sp³-hybridized carbons (Fsp3) is 0.800. The molecule has 0 rings (SSSR count). The summed E-state index contributed by atoms with van der Waals surface area (Å²) >= 11 is 0. The summed E-state index contributed by atoms with van der Waals surface area (Å²) in [7, 11) is 0. The van der Waals surface area contributed by atoms with Gasteiger partial charge in [-0.1, -0.05) is 13.3 Å². The molecule has 0 aromatic carbocycles. The van der Waals surface area contributed by atoms with Gasteiger partial charge < -0.3 is 5.73 Å². The van der Waals surface area contributed by atoms with Crippen LogP contribution in [0.15, 0.2) is 0 Å². The molecule has 0 spiro atoms. The van der Waals surface area contributed by atoms with Gasteiger partial charge in [0.2, 0.25) is 0 Å². The average molecular weight is 86.2 g/mol. The molecular weight excluding hydrogens is 74.1 g/mol. The van der Waals surface area contributed by atoms with Crippen LogP contribution in [0.3, 0.4) is 0 Å². The van der Waals surface area contributed by atoms with E-state index in [1.165, 1.54) is 0 Å². The largest absolute Gasteiger partial charge is 0.328 e. The van der Waals surface area contributed by atoms with E-state index in [1.54, 1.807) is 0 Å². The minimum Gasteiger partial charge on any atom is -0.328 e. The Morgan fingerprint density at radius 2 is 2.33 bits per heavy atom. The van der Waals surface area contributed by atoms with Crippen LogP contribution in [0.5, 0.6) is 0 Å². The van der Waals surface area contributed by atoms with Gasteiger partial charge in [-0.3, -0.25) is 0 Å². The summed E-state index contributed by atoms with van der Waals surface area (Å²) in [6, 6.07) is 0.273. The van der Waals surface area contributed by atoms with Gasteiger partial charge in [0.1, 0.15) is 0 Å². The minimum atomic E-state index is 0.273. The van der Waals surface area contributed by atoms with Crippen LogP contribution in [0, 0.1) is 6.42 Å². The highest BCUT2D eigenvalue weighted by Gasteiger charge is 1.86. The maximum atomic E-state index is 5.35. The highest BCUT2D eigenvalue weighted by atomic mass is 14.6. The molecular formula is C5H12N. The Hall–Kier alpha value is -0.0400. The van der Waals surface area contributed by atoms with Crippen molar-refractivity contribution >= 4 is 0 Å². The van der Waals surface area contributed by atoms with Gasteiger partial charge in [0.15, 0.2) is 0 Å². The van der Waals surface area contributed by atoms with Gasteiger partial charge in [0, 0.05) is 6.04 Å². The van der Waals surface area contributed by atoms with E-state index in [2.05, 4.69) is 13.3 Å². The zero-order chi connectivity index (χ0) is 4.99. The first kappa shape index (κ1) is 5.96. The molecule has 0 fully saturated rings. The Morgan fingerprint density at radius 3 is 2.33 bits per heavy atom. The van der Waals surface area contributed by atoms with Gasteiger partial charge in [0.25, 0.3) is 0 Å². The lowest BCUT2D eigenvalue weighted by molar-refractivity contribution is 0.806. The van der Waals surface area contributed by atoms with Crippen molar-refractivity contribution in [3.8, 4) is 0 Å². The van der Waals surface area contributed by atoms with Gasteiger partial charge >= 0.3 is 0 Å². The predicted molar refractivity (Wildman–Crippen MR) is 28.2 cm³/mol. The monoisotopic (exact) mass is 86.1 g/mol. The lowest BCUT2D eigenvalue weighted by atomic mass is 10.2. The van der Waals surface area contributed by atoms with Crippen molar-refractivity contribution in [2.24, 2.45) is 5.73 Å². The second kappa shape index (κ2) is 3.16. The molecule has 1 radical (unpaired) electrons. The lowest BCUT2D eigenvalue weighted by Gasteiger charge is -1.96. The maximum absolute atomic E-state index is 5.35. The summed E-state index contributed by atoms with van der Waals surface area (Å²) in [4.78, 5) is 0. The third-order valence-electron chi connectivity index (χ3n) is 0.607. The SMILES string of the molecule is CC[CH]C(C)N. The number of hydrogen-bond donors (Lipinski definition) is 1. The molecule has 1 heteroatoms. The van der Waals surface area contributed by atoms with E-state index in [0.717, 1.165) is 6.42 Å². The maximum Gasteiger partial charge on any atom is 0.00418 e. The lowest BCUT2D eigenvalue weighted by Crippen LogP contribution is -2.14. The van der Waals surface area contributed by atoms with Crippen molar-refractivity contribution in [2.45, 2.75) is 26.3 Å². The van der Waals surface area contributed by atoms with Crippen molar-refractivity contribution in [1.29, 1.82) is 0 Å². The van der Waals surface area contributed by atoms with Crippen LogP contribution in [0.4, 0.5) is 0 Å². The van der Waals surface area contributed by atoms with Gasteiger partial charge in [0.05, 0.1) is 0 Å². The molecule has 0 aliphatic rings. The number of rotatable bonds is 2. The van der Waals surface area contributed by atoms with Crippen molar-refractivity contribution in [3.05, 3.63) is 6.42 Å². The van der Waals surface area contributed by atoms with Crippen LogP contribution >= 0.6 is 0 Å². The van der Waals surface area contributed by atoms with Crippen LogP contribution in [-0.4, -0.2) is 6.04 Å². The molecule has 2 N–H and O–H groups in total. The van der Waals surface area contributed by atoms with E-state index in [4.69, 9.17) is 5.73 Å². The zero-order valence-electron chi connectivity index (χ0n) is 4.44. The second-order valence-electron chi connectivity index (χ2n) is 1.50. The summed E-state index contributed by atoms with van der Waals surface area (Å²) < 4.78 is 0. The fourth-order valence-electron chi connectivity index (χ4n) is 0.372. The Kier molecular flexibility index (Phi) is 3.14. The molecule has 0 aliphatic heterocycles. The van der Waals surface area contributed by atoms with Crippen LogP contribution < -0.4 is 5.73 Å². The molecule has 0 amide bonds. The minimum absolute atomic E-state index is 0.273. The zero-order valence-corrected chi connectivity index (χ0v) is 4.44. The quantitative estimate of drug-likeness (QED) is 0.532. The van der Waals surface area contributed by atoms with Gasteiger partial charge in [-0.25, -0.2) is 0 Å². The van der Waals surface area contributed by atoms with Gasteiger partial charge in [-0.2, -0.15) is 0 Å². The molecule has 0 aliphatic carbocycles.